The predicted octanol–water partition coefficient (Wildman–Crippen LogP) is 3.80. The molecule has 0 heterocycles. The second kappa shape index (κ2) is 9.45. The number of hydrogen-bond acceptors (Lipinski definition) is 3. The van der Waals surface area contributed by atoms with E-state index >= 15 is 0 Å². The molecule has 2 rings (SSSR count). The van der Waals surface area contributed by atoms with Crippen molar-refractivity contribution in [1.29, 1.82) is 0 Å². The number of aldehydes is 1. The smallest absolute Gasteiger partial charge is 0.261 e. The molecule has 3 nitrogen and oxygen atoms in total. The van der Waals surface area contributed by atoms with Crippen LogP contribution in [-0.2, 0) is 14.0 Å². The zero-order valence-corrected chi connectivity index (χ0v) is 18.1. The van der Waals surface area contributed by atoms with Gasteiger partial charge >= 0.3 is 0 Å². The van der Waals surface area contributed by atoms with Crippen LogP contribution in [0.2, 0.25) is 5.04 Å². The minimum atomic E-state index is -2.56. The van der Waals surface area contributed by atoms with Crippen molar-refractivity contribution in [3.05, 3.63) is 60.7 Å². The molecule has 0 unspecified atom stereocenters. The normalized spacial score (nSPS) is 14.6. The Hall–Kier alpha value is -1.75. The van der Waals surface area contributed by atoms with Gasteiger partial charge in [0.15, 0.2) is 0 Å². The quantitative estimate of drug-likeness (QED) is 0.487. The fourth-order valence-electron chi connectivity index (χ4n) is 3.68. The molecule has 0 bridgehead atoms. The summed E-state index contributed by atoms with van der Waals surface area (Å²) in [6, 6.07) is 21.1. The first-order valence-electron chi connectivity index (χ1n) is 9.58. The second-order valence-electron chi connectivity index (χ2n) is 8.18. The van der Waals surface area contributed by atoms with Crippen LogP contribution in [-0.4, -0.2) is 34.4 Å². The number of benzene rings is 2. The molecule has 0 saturated heterocycles. The molecule has 0 aromatic heterocycles. The van der Waals surface area contributed by atoms with Crippen molar-refractivity contribution in [2.24, 2.45) is 5.92 Å². The lowest BCUT2D eigenvalue weighted by Gasteiger charge is -2.43. The second-order valence-corrected chi connectivity index (χ2v) is 12.5. The molecule has 146 valence electrons. The van der Waals surface area contributed by atoms with Gasteiger partial charge in [-0.3, -0.25) is 0 Å². The maximum absolute atomic E-state index is 11.1. The lowest BCUT2D eigenvalue weighted by Crippen LogP contribution is -2.67. The van der Waals surface area contributed by atoms with Crippen molar-refractivity contribution >= 4 is 25.0 Å². The van der Waals surface area contributed by atoms with Crippen LogP contribution < -0.4 is 10.4 Å². The number of methoxy groups -OCH3 is 1. The van der Waals surface area contributed by atoms with Crippen LogP contribution in [0.3, 0.4) is 0 Å². The third-order valence-electron chi connectivity index (χ3n) is 5.10. The van der Waals surface area contributed by atoms with E-state index in [-0.39, 0.29) is 17.1 Å². The molecular formula is C23H32O3Si. The SMILES string of the molecule is CO[C@@H](CO[Si](c1ccccc1)(c1ccccc1)C(C)(C)C)C[C@H](C)C=O. The summed E-state index contributed by atoms with van der Waals surface area (Å²) in [6.45, 7) is 9.17. The van der Waals surface area contributed by atoms with Gasteiger partial charge in [-0.05, 0) is 21.8 Å². The van der Waals surface area contributed by atoms with Crippen LogP contribution in [0.15, 0.2) is 60.7 Å². The molecule has 2 aromatic rings. The number of ether oxygens (including phenoxy) is 1. The lowest BCUT2D eigenvalue weighted by molar-refractivity contribution is -0.111. The van der Waals surface area contributed by atoms with Crippen LogP contribution in [0, 0.1) is 5.92 Å². The molecule has 0 saturated carbocycles. The number of carbonyl (C=O) groups excluding carboxylic acids is 1. The van der Waals surface area contributed by atoms with Gasteiger partial charge in [0.25, 0.3) is 8.32 Å². The van der Waals surface area contributed by atoms with E-state index in [1.165, 1.54) is 10.4 Å². The maximum Gasteiger partial charge on any atom is 0.261 e. The van der Waals surface area contributed by atoms with Gasteiger partial charge in [0.1, 0.15) is 6.29 Å². The van der Waals surface area contributed by atoms with Crippen molar-refractivity contribution in [1.82, 2.24) is 0 Å². The summed E-state index contributed by atoms with van der Waals surface area (Å²) in [5, 5.41) is 2.44. The van der Waals surface area contributed by atoms with Gasteiger partial charge < -0.3 is 14.0 Å². The third kappa shape index (κ3) is 4.95. The number of carbonyl (C=O) groups is 1. The van der Waals surface area contributed by atoms with Crippen LogP contribution in [0.4, 0.5) is 0 Å². The number of hydrogen-bond donors (Lipinski definition) is 0. The summed E-state index contributed by atoms with van der Waals surface area (Å²) in [6.07, 6.45) is 1.54. The Bertz CT molecular complexity index is 655. The minimum Gasteiger partial charge on any atom is -0.405 e. The molecule has 0 amide bonds. The van der Waals surface area contributed by atoms with E-state index in [1.807, 2.05) is 19.1 Å². The first-order chi connectivity index (χ1) is 12.8. The van der Waals surface area contributed by atoms with Gasteiger partial charge in [-0.25, -0.2) is 0 Å². The maximum atomic E-state index is 11.1. The highest BCUT2D eigenvalue weighted by Gasteiger charge is 2.50. The van der Waals surface area contributed by atoms with Gasteiger partial charge in [0.2, 0.25) is 0 Å². The summed E-state index contributed by atoms with van der Waals surface area (Å²) in [5.74, 6) is -0.0438. The third-order valence-corrected chi connectivity index (χ3v) is 10.1. The largest absolute Gasteiger partial charge is 0.405 e. The van der Waals surface area contributed by atoms with E-state index in [9.17, 15) is 4.79 Å². The van der Waals surface area contributed by atoms with E-state index in [1.54, 1.807) is 7.11 Å². The first kappa shape index (κ1) is 21.5. The highest BCUT2D eigenvalue weighted by Crippen LogP contribution is 2.37. The van der Waals surface area contributed by atoms with E-state index in [4.69, 9.17) is 9.16 Å². The molecule has 0 aliphatic rings. The lowest BCUT2D eigenvalue weighted by atomic mass is 10.1. The topological polar surface area (TPSA) is 35.5 Å². The van der Waals surface area contributed by atoms with Crippen molar-refractivity contribution < 1.29 is 14.0 Å². The van der Waals surface area contributed by atoms with Crippen LogP contribution in [0.5, 0.6) is 0 Å². The molecule has 0 spiro atoms. The monoisotopic (exact) mass is 384 g/mol. The molecule has 0 aliphatic carbocycles. The Morgan fingerprint density at radius 2 is 1.44 bits per heavy atom. The molecule has 4 heteroatoms. The van der Waals surface area contributed by atoms with Crippen molar-refractivity contribution in [3.8, 4) is 0 Å². The summed E-state index contributed by atoms with van der Waals surface area (Å²) in [5.41, 5.74) is 0. The van der Waals surface area contributed by atoms with Gasteiger partial charge in [-0.2, -0.15) is 0 Å². The fourth-order valence-corrected chi connectivity index (χ4v) is 8.27. The van der Waals surface area contributed by atoms with E-state index in [0.29, 0.717) is 13.0 Å². The fraction of sp³-hybridized carbons (Fsp3) is 0.435. The molecule has 27 heavy (non-hydrogen) atoms. The molecule has 0 radical (unpaired) electrons. The highest BCUT2D eigenvalue weighted by molar-refractivity contribution is 6.99. The molecule has 0 aliphatic heterocycles. The first-order valence-corrected chi connectivity index (χ1v) is 11.5. The Morgan fingerprint density at radius 1 is 0.963 bits per heavy atom. The summed E-state index contributed by atoms with van der Waals surface area (Å²) >= 11 is 0. The van der Waals surface area contributed by atoms with Crippen molar-refractivity contribution in [3.63, 3.8) is 0 Å². The van der Waals surface area contributed by atoms with E-state index in [2.05, 4.69) is 69.3 Å². The average molecular weight is 385 g/mol. The molecule has 2 aromatic carbocycles. The molecular weight excluding hydrogens is 352 g/mol. The average Bonchev–Trinajstić information content (AvgIpc) is 2.67. The van der Waals surface area contributed by atoms with Crippen LogP contribution in [0.1, 0.15) is 34.1 Å². The summed E-state index contributed by atoms with van der Waals surface area (Å²) < 4.78 is 12.5. The summed E-state index contributed by atoms with van der Waals surface area (Å²) in [7, 11) is -0.867. The molecule has 2 atom stereocenters. The van der Waals surface area contributed by atoms with Gasteiger partial charge in [-0.15, -0.1) is 0 Å². The zero-order valence-electron chi connectivity index (χ0n) is 17.1. The van der Waals surface area contributed by atoms with Crippen LogP contribution in [0.25, 0.3) is 0 Å². The van der Waals surface area contributed by atoms with Crippen molar-refractivity contribution in [2.75, 3.05) is 13.7 Å². The van der Waals surface area contributed by atoms with Crippen LogP contribution >= 0.6 is 0 Å². The highest BCUT2D eigenvalue weighted by atomic mass is 28.4. The molecule has 0 fully saturated rings. The van der Waals surface area contributed by atoms with Gasteiger partial charge in [0, 0.05) is 13.0 Å². The Labute approximate surface area is 164 Å². The van der Waals surface area contributed by atoms with E-state index < -0.39 is 8.32 Å². The van der Waals surface area contributed by atoms with Gasteiger partial charge in [0.05, 0.1) is 12.7 Å². The summed E-state index contributed by atoms with van der Waals surface area (Å²) in [4.78, 5) is 11.1. The zero-order chi connectivity index (χ0) is 19.9. The van der Waals surface area contributed by atoms with E-state index in [0.717, 1.165) is 6.29 Å². The molecule has 0 N–H and O–H groups in total. The standard InChI is InChI=1S/C23H32O3Si/c1-19(17-24)16-20(25-5)18-26-27(23(2,3)4,21-12-8-6-9-13-21)22-14-10-7-11-15-22/h6-15,17,19-20H,16,18H2,1-5H3/t19-,20+/m0/s1. The predicted molar refractivity (Wildman–Crippen MR) is 114 cm³/mol. The Morgan fingerprint density at radius 3 is 1.81 bits per heavy atom. The minimum absolute atomic E-state index is 0.0438. The number of rotatable bonds is 9. The van der Waals surface area contributed by atoms with Crippen molar-refractivity contribution in [2.45, 2.75) is 45.3 Å². The Kier molecular flexibility index (Phi) is 7.54. The van der Waals surface area contributed by atoms with Gasteiger partial charge in [-0.1, -0.05) is 88.4 Å². The Balaban J connectivity index is 2.47.